The molecule has 1 rings (SSSR count). The fourth-order valence-electron chi connectivity index (χ4n) is 1.74. The van der Waals surface area contributed by atoms with Crippen LogP contribution in [0, 0.1) is 0 Å². The maximum Gasteiger partial charge on any atom is 0.330 e. The van der Waals surface area contributed by atoms with Gasteiger partial charge in [0.1, 0.15) is 0 Å². The Morgan fingerprint density at radius 1 is 1.14 bits per heavy atom. The molecule has 1 unspecified atom stereocenters. The van der Waals surface area contributed by atoms with Crippen LogP contribution in [-0.4, -0.2) is 51.2 Å². The predicted molar refractivity (Wildman–Crippen MR) is 78.1 cm³/mol. The number of carbonyl (C=O) groups is 1. The minimum absolute atomic E-state index is 0.0790. The highest BCUT2D eigenvalue weighted by Gasteiger charge is 2.36. The molecule has 1 aromatic rings. The highest BCUT2D eigenvalue weighted by molar-refractivity contribution is 5.80. The largest absolute Gasteiger partial charge is 0.480 e. The third-order valence-corrected chi connectivity index (χ3v) is 3.01. The molecule has 0 bridgehead atoms. The van der Waals surface area contributed by atoms with E-state index in [1.54, 1.807) is 31.4 Å². The Bertz CT molecular complexity index is 412. The van der Waals surface area contributed by atoms with Gasteiger partial charge in [0.15, 0.2) is 5.54 Å². The van der Waals surface area contributed by atoms with Crippen molar-refractivity contribution >= 4 is 5.97 Å². The fourth-order valence-corrected chi connectivity index (χ4v) is 1.74. The van der Waals surface area contributed by atoms with Crippen LogP contribution in [0.2, 0.25) is 0 Å². The van der Waals surface area contributed by atoms with Gasteiger partial charge in [-0.05, 0) is 12.0 Å². The molecule has 118 valence electrons. The molecule has 6 nitrogen and oxygen atoms in total. The molecule has 0 aliphatic heterocycles. The maximum atomic E-state index is 11.4. The van der Waals surface area contributed by atoms with Gasteiger partial charge in [0.25, 0.3) is 0 Å². The van der Waals surface area contributed by atoms with E-state index >= 15 is 0 Å². The third-order valence-electron chi connectivity index (χ3n) is 3.01. The van der Waals surface area contributed by atoms with E-state index in [4.69, 9.17) is 19.9 Å². The second kappa shape index (κ2) is 9.46. The monoisotopic (exact) mass is 297 g/mol. The van der Waals surface area contributed by atoms with Crippen LogP contribution in [0.15, 0.2) is 30.3 Å². The first-order valence-electron chi connectivity index (χ1n) is 6.83. The van der Waals surface area contributed by atoms with Crippen LogP contribution in [0.1, 0.15) is 12.0 Å². The van der Waals surface area contributed by atoms with Crippen molar-refractivity contribution in [3.8, 4) is 0 Å². The second-order valence-electron chi connectivity index (χ2n) is 4.65. The standard InChI is InChI=1S/C15H23NO5/c1-19-10-11-20-8-5-9-21-12-15(16,14(17)18)13-6-3-2-4-7-13/h2-4,6-7H,5,8-12,16H2,1H3,(H,17,18). The van der Waals surface area contributed by atoms with E-state index in [2.05, 4.69) is 0 Å². The lowest BCUT2D eigenvalue weighted by Crippen LogP contribution is -2.49. The van der Waals surface area contributed by atoms with Gasteiger partial charge in [0, 0.05) is 20.3 Å². The van der Waals surface area contributed by atoms with Crippen molar-refractivity contribution in [3.05, 3.63) is 35.9 Å². The molecule has 0 aliphatic rings. The zero-order chi connectivity index (χ0) is 15.6. The first-order chi connectivity index (χ1) is 10.1. The zero-order valence-corrected chi connectivity index (χ0v) is 12.3. The summed E-state index contributed by atoms with van der Waals surface area (Å²) in [6.45, 7) is 1.95. The van der Waals surface area contributed by atoms with Crippen LogP contribution in [0.5, 0.6) is 0 Å². The highest BCUT2D eigenvalue weighted by Crippen LogP contribution is 2.19. The summed E-state index contributed by atoms with van der Waals surface area (Å²) in [6, 6.07) is 8.69. The molecule has 1 atom stereocenters. The van der Waals surface area contributed by atoms with Gasteiger partial charge in [-0.1, -0.05) is 30.3 Å². The summed E-state index contributed by atoms with van der Waals surface area (Å²) in [6.07, 6.45) is 0.675. The van der Waals surface area contributed by atoms with Crippen molar-refractivity contribution in [1.82, 2.24) is 0 Å². The van der Waals surface area contributed by atoms with Crippen LogP contribution in [0.3, 0.4) is 0 Å². The van der Waals surface area contributed by atoms with E-state index in [-0.39, 0.29) is 6.61 Å². The molecule has 0 radical (unpaired) electrons. The molecule has 1 aromatic carbocycles. The molecule has 6 heteroatoms. The molecule has 0 spiro atoms. The van der Waals surface area contributed by atoms with Crippen molar-refractivity contribution in [3.63, 3.8) is 0 Å². The lowest BCUT2D eigenvalue weighted by molar-refractivity contribution is -0.146. The number of hydrogen-bond donors (Lipinski definition) is 2. The molecule has 21 heavy (non-hydrogen) atoms. The van der Waals surface area contributed by atoms with Crippen LogP contribution in [0.25, 0.3) is 0 Å². The van der Waals surface area contributed by atoms with E-state index in [9.17, 15) is 9.90 Å². The van der Waals surface area contributed by atoms with Gasteiger partial charge in [0.2, 0.25) is 0 Å². The third kappa shape index (κ3) is 5.81. The summed E-state index contributed by atoms with van der Waals surface area (Å²) < 4.78 is 15.5. The van der Waals surface area contributed by atoms with E-state index in [1.807, 2.05) is 6.07 Å². The van der Waals surface area contributed by atoms with Crippen molar-refractivity contribution in [2.45, 2.75) is 12.0 Å². The Kier molecular flexibility index (Phi) is 7.92. The average molecular weight is 297 g/mol. The maximum absolute atomic E-state index is 11.4. The Labute approximate surface area is 124 Å². The predicted octanol–water partition coefficient (Wildman–Crippen LogP) is 0.995. The molecule has 0 aliphatic carbocycles. The molecule has 0 saturated carbocycles. The molecule has 3 N–H and O–H groups in total. The molecular formula is C15H23NO5. The van der Waals surface area contributed by atoms with E-state index in [1.165, 1.54) is 0 Å². The quantitative estimate of drug-likeness (QED) is 0.592. The second-order valence-corrected chi connectivity index (χ2v) is 4.65. The minimum atomic E-state index is -1.53. The first kappa shape index (κ1) is 17.6. The number of aliphatic carboxylic acids is 1. The molecule has 0 saturated heterocycles. The average Bonchev–Trinajstić information content (AvgIpc) is 2.50. The first-order valence-corrected chi connectivity index (χ1v) is 6.83. The zero-order valence-electron chi connectivity index (χ0n) is 12.3. The van der Waals surface area contributed by atoms with E-state index < -0.39 is 11.5 Å². The van der Waals surface area contributed by atoms with Crippen LogP contribution in [0.4, 0.5) is 0 Å². The van der Waals surface area contributed by atoms with Gasteiger partial charge in [-0.2, -0.15) is 0 Å². The lowest BCUT2D eigenvalue weighted by atomic mass is 9.92. The SMILES string of the molecule is COCCOCCCOCC(N)(C(=O)O)c1ccccc1. The number of nitrogens with two attached hydrogens (primary N) is 1. The summed E-state index contributed by atoms with van der Waals surface area (Å²) in [7, 11) is 1.61. The molecule has 0 aromatic heterocycles. The number of ether oxygens (including phenoxy) is 3. The van der Waals surface area contributed by atoms with Gasteiger partial charge in [-0.25, -0.2) is 4.79 Å². The summed E-state index contributed by atoms with van der Waals surface area (Å²) in [5, 5.41) is 9.34. The molecule has 0 fully saturated rings. The number of rotatable bonds is 11. The smallest absolute Gasteiger partial charge is 0.330 e. The number of carboxylic acid groups (broad SMARTS) is 1. The van der Waals surface area contributed by atoms with Crippen LogP contribution < -0.4 is 5.73 Å². The van der Waals surface area contributed by atoms with Gasteiger partial charge in [-0.3, -0.25) is 0 Å². The van der Waals surface area contributed by atoms with Crippen LogP contribution in [-0.2, 0) is 24.5 Å². The van der Waals surface area contributed by atoms with Crippen LogP contribution >= 0.6 is 0 Å². The molecule has 0 amide bonds. The lowest BCUT2D eigenvalue weighted by Gasteiger charge is -2.25. The van der Waals surface area contributed by atoms with Gasteiger partial charge in [-0.15, -0.1) is 0 Å². The molecular weight excluding hydrogens is 274 g/mol. The van der Waals surface area contributed by atoms with Gasteiger partial charge >= 0.3 is 5.97 Å². The highest BCUT2D eigenvalue weighted by atomic mass is 16.5. The van der Waals surface area contributed by atoms with E-state index in [0.717, 1.165) is 0 Å². The Balaban J connectivity index is 2.34. The summed E-state index contributed by atoms with van der Waals surface area (Å²) in [5.74, 6) is -1.11. The van der Waals surface area contributed by atoms with E-state index in [0.29, 0.717) is 38.4 Å². The topological polar surface area (TPSA) is 91.0 Å². The summed E-state index contributed by atoms with van der Waals surface area (Å²) >= 11 is 0. The van der Waals surface area contributed by atoms with Crippen molar-refractivity contribution < 1.29 is 24.1 Å². The van der Waals surface area contributed by atoms with Gasteiger partial charge < -0.3 is 25.1 Å². The Morgan fingerprint density at radius 2 is 1.81 bits per heavy atom. The Hall–Kier alpha value is -1.47. The number of carboxylic acids is 1. The number of methoxy groups -OCH3 is 1. The van der Waals surface area contributed by atoms with Crippen molar-refractivity contribution in [1.29, 1.82) is 0 Å². The Morgan fingerprint density at radius 3 is 2.43 bits per heavy atom. The van der Waals surface area contributed by atoms with Gasteiger partial charge in [0.05, 0.1) is 19.8 Å². The van der Waals surface area contributed by atoms with Crippen molar-refractivity contribution in [2.24, 2.45) is 5.73 Å². The summed E-state index contributed by atoms with van der Waals surface area (Å²) in [5.41, 5.74) is 4.96. The fraction of sp³-hybridized carbons (Fsp3) is 0.533. The number of hydrogen-bond acceptors (Lipinski definition) is 5. The molecule has 0 heterocycles. The normalized spacial score (nSPS) is 13.8. The number of benzene rings is 1. The van der Waals surface area contributed by atoms with Crippen molar-refractivity contribution in [2.75, 3.05) is 40.1 Å². The summed E-state index contributed by atoms with van der Waals surface area (Å²) in [4.78, 5) is 11.4. The minimum Gasteiger partial charge on any atom is -0.480 e.